The summed E-state index contributed by atoms with van der Waals surface area (Å²) in [6, 6.07) is 16.6. The van der Waals surface area contributed by atoms with Crippen molar-refractivity contribution in [1.82, 2.24) is 14.7 Å². The van der Waals surface area contributed by atoms with Gasteiger partial charge in [-0.05, 0) is 42.7 Å². The molecule has 0 unspecified atom stereocenters. The molecule has 3 rings (SSSR count). The molecule has 0 aliphatic carbocycles. The minimum Gasteiger partial charge on any atom is -0.315 e. The highest BCUT2D eigenvalue weighted by molar-refractivity contribution is 6.32. The number of carbonyl (C=O) groups is 2. The number of hydrogen-bond acceptors (Lipinski definition) is 3. The van der Waals surface area contributed by atoms with Crippen LogP contribution in [0.15, 0.2) is 54.6 Å². The van der Waals surface area contributed by atoms with E-state index in [0.29, 0.717) is 28.8 Å². The second-order valence-corrected chi connectivity index (χ2v) is 10.2. The van der Waals surface area contributed by atoms with Crippen molar-refractivity contribution in [3.8, 4) is 5.69 Å². The number of amides is 3. The number of rotatable bonds is 9. The summed E-state index contributed by atoms with van der Waals surface area (Å²) in [6.07, 6.45) is 2.63. The van der Waals surface area contributed by atoms with Crippen molar-refractivity contribution < 1.29 is 9.59 Å². The van der Waals surface area contributed by atoms with E-state index in [-0.39, 0.29) is 23.9 Å². The predicted octanol–water partition coefficient (Wildman–Crippen LogP) is 6.66. The van der Waals surface area contributed by atoms with Gasteiger partial charge in [-0.25, -0.2) is 9.48 Å². The minimum atomic E-state index is -0.309. The van der Waals surface area contributed by atoms with Crippen molar-refractivity contribution in [3.63, 3.8) is 0 Å². The minimum absolute atomic E-state index is 0.0859. The quantitative estimate of drug-likeness (QED) is 0.338. The Labute approximate surface area is 218 Å². The van der Waals surface area contributed by atoms with Gasteiger partial charge in [0.05, 0.1) is 16.4 Å². The number of hydrogen-bond donors (Lipinski definition) is 2. The number of carbonyl (C=O) groups excluding carboxylic acids is 2. The van der Waals surface area contributed by atoms with Gasteiger partial charge in [-0.2, -0.15) is 5.10 Å². The lowest BCUT2D eigenvalue weighted by Crippen LogP contribution is -2.41. The molecule has 7 nitrogen and oxygen atoms in total. The number of unbranched alkanes of at least 4 members (excludes halogenated alkanes) is 1. The molecular formula is C28H36ClN5O2. The maximum absolute atomic E-state index is 13.1. The number of para-hydroxylation sites is 1. The highest BCUT2D eigenvalue weighted by Gasteiger charge is 2.23. The van der Waals surface area contributed by atoms with E-state index in [4.69, 9.17) is 16.7 Å². The van der Waals surface area contributed by atoms with Gasteiger partial charge in [0, 0.05) is 23.7 Å². The zero-order valence-corrected chi connectivity index (χ0v) is 22.5. The summed E-state index contributed by atoms with van der Waals surface area (Å²) in [6.45, 7) is 10.7. The summed E-state index contributed by atoms with van der Waals surface area (Å²) in [5.74, 6) is 0.195. The zero-order valence-electron chi connectivity index (χ0n) is 21.8. The first-order valence-electron chi connectivity index (χ1n) is 12.4. The van der Waals surface area contributed by atoms with Crippen LogP contribution in [0, 0.1) is 0 Å². The van der Waals surface area contributed by atoms with E-state index in [9.17, 15) is 9.59 Å². The molecule has 3 aromatic rings. The van der Waals surface area contributed by atoms with Crippen molar-refractivity contribution >= 4 is 35.0 Å². The van der Waals surface area contributed by atoms with Crippen molar-refractivity contribution in [2.45, 2.75) is 59.3 Å². The molecule has 0 aliphatic heterocycles. The number of anilines is 2. The Hall–Kier alpha value is -3.32. The molecule has 0 saturated carbocycles. The Morgan fingerprint density at radius 2 is 1.72 bits per heavy atom. The van der Waals surface area contributed by atoms with Crippen LogP contribution in [0.1, 0.15) is 58.7 Å². The Kier molecular flexibility index (Phi) is 9.15. The molecule has 0 fully saturated rings. The number of aromatic nitrogens is 2. The second kappa shape index (κ2) is 12.1. The molecule has 0 spiro atoms. The lowest BCUT2D eigenvalue weighted by molar-refractivity contribution is -0.116. The fourth-order valence-corrected chi connectivity index (χ4v) is 3.84. The fraction of sp³-hybridized carbons (Fsp3) is 0.393. The van der Waals surface area contributed by atoms with Crippen LogP contribution in [0.25, 0.3) is 5.69 Å². The maximum atomic E-state index is 13.1. The monoisotopic (exact) mass is 509 g/mol. The fourth-order valence-electron chi connectivity index (χ4n) is 3.63. The molecule has 1 aromatic heterocycles. The Morgan fingerprint density at radius 3 is 2.33 bits per heavy atom. The van der Waals surface area contributed by atoms with Gasteiger partial charge in [0.1, 0.15) is 12.4 Å². The number of halogens is 1. The molecule has 192 valence electrons. The van der Waals surface area contributed by atoms with Gasteiger partial charge in [0.2, 0.25) is 5.91 Å². The van der Waals surface area contributed by atoms with E-state index in [1.54, 1.807) is 10.7 Å². The van der Waals surface area contributed by atoms with Crippen LogP contribution in [-0.4, -0.2) is 39.7 Å². The lowest BCUT2D eigenvalue weighted by atomic mass is 9.92. The van der Waals surface area contributed by atoms with Crippen molar-refractivity contribution in [1.29, 1.82) is 0 Å². The highest BCUT2D eigenvalue weighted by Crippen LogP contribution is 2.29. The Bertz CT molecular complexity index is 1180. The third-order valence-electron chi connectivity index (χ3n) is 5.84. The van der Waals surface area contributed by atoms with Crippen molar-refractivity contribution in [2.75, 3.05) is 23.7 Å². The van der Waals surface area contributed by atoms with Crippen molar-refractivity contribution in [2.24, 2.45) is 0 Å². The standard InChI is InChI=1S/C28H36ClN5O2/c1-6-8-17-33(27(36)30-21-15-13-20(7-2)14-16-21)19-26(35)31-25-18-24(28(3,4)5)32-34(25)23-12-10-9-11-22(23)29/h9-16,18H,6-8,17,19H2,1-5H3,(H,30,36)(H,31,35). The third-order valence-corrected chi connectivity index (χ3v) is 6.16. The van der Waals surface area contributed by atoms with Crippen molar-refractivity contribution in [3.05, 3.63) is 70.9 Å². The molecular weight excluding hydrogens is 474 g/mol. The third kappa shape index (κ3) is 7.10. The van der Waals surface area contributed by atoms with E-state index in [1.165, 1.54) is 10.5 Å². The van der Waals surface area contributed by atoms with E-state index in [1.807, 2.05) is 48.5 Å². The molecule has 3 amide bonds. The maximum Gasteiger partial charge on any atom is 0.322 e. The molecule has 36 heavy (non-hydrogen) atoms. The molecule has 0 radical (unpaired) electrons. The summed E-state index contributed by atoms with van der Waals surface area (Å²) in [7, 11) is 0. The van der Waals surface area contributed by atoms with Crippen LogP contribution < -0.4 is 10.6 Å². The van der Waals surface area contributed by atoms with Crippen LogP contribution in [-0.2, 0) is 16.6 Å². The van der Waals surface area contributed by atoms with Gasteiger partial charge in [0.25, 0.3) is 0 Å². The Morgan fingerprint density at radius 1 is 1.03 bits per heavy atom. The van der Waals surface area contributed by atoms with E-state index in [2.05, 4.69) is 45.3 Å². The van der Waals surface area contributed by atoms with Gasteiger partial charge in [0.15, 0.2) is 0 Å². The summed E-state index contributed by atoms with van der Waals surface area (Å²) < 4.78 is 1.65. The zero-order chi connectivity index (χ0) is 26.3. The molecule has 0 atom stereocenters. The van der Waals surface area contributed by atoms with Gasteiger partial charge in [-0.3, -0.25) is 4.79 Å². The first kappa shape index (κ1) is 27.3. The van der Waals surface area contributed by atoms with Crippen LogP contribution in [0.2, 0.25) is 5.02 Å². The second-order valence-electron chi connectivity index (χ2n) is 9.83. The largest absolute Gasteiger partial charge is 0.322 e. The van der Waals surface area contributed by atoms with Crippen LogP contribution in [0.4, 0.5) is 16.3 Å². The van der Waals surface area contributed by atoms with E-state index < -0.39 is 0 Å². The molecule has 0 bridgehead atoms. The van der Waals surface area contributed by atoms with Crippen LogP contribution in [0.3, 0.4) is 0 Å². The summed E-state index contributed by atoms with van der Waals surface area (Å²) in [4.78, 5) is 27.7. The highest BCUT2D eigenvalue weighted by atomic mass is 35.5. The van der Waals surface area contributed by atoms with Gasteiger partial charge >= 0.3 is 6.03 Å². The van der Waals surface area contributed by atoms with Gasteiger partial charge in [-0.1, -0.05) is 76.9 Å². The number of benzene rings is 2. The molecule has 2 aromatic carbocycles. The first-order chi connectivity index (χ1) is 17.1. The average molecular weight is 510 g/mol. The average Bonchev–Trinajstić information content (AvgIpc) is 3.26. The smallest absolute Gasteiger partial charge is 0.315 e. The SMILES string of the molecule is CCCCN(CC(=O)Nc1cc(C(C)(C)C)nn1-c1ccccc1Cl)C(=O)Nc1ccc(CC)cc1. The normalized spacial score (nSPS) is 11.3. The number of nitrogens with one attached hydrogen (secondary N) is 2. The topological polar surface area (TPSA) is 79.3 Å². The predicted molar refractivity (Wildman–Crippen MR) is 147 cm³/mol. The van der Waals surface area contributed by atoms with Gasteiger partial charge < -0.3 is 15.5 Å². The van der Waals surface area contributed by atoms with E-state index in [0.717, 1.165) is 25.0 Å². The molecule has 2 N–H and O–H groups in total. The molecule has 8 heteroatoms. The summed E-state index contributed by atoms with van der Waals surface area (Å²) in [5.41, 5.74) is 3.15. The number of aryl methyl sites for hydroxylation is 1. The summed E-state index contributed by atoms with van der Waals surface area (Å²) in [5, 5.41) is 11.1. The number of nitrogens with zero attached hydrogens (tertiary/aromatic N) is 3. The number of urea groups is 1. The first-order valence-corrected chi connectivity index (χ1v) is 12.8. The molecule has 0 aliphatic rings. The van der Waals surface area contributed by atoms with E-state index >= 15 is 0 Å². The summed E-state index contributed by atoms with van der Waals surface area (Å²) >= 11 is 6.44. The van der Waals surface area contributed by atoms with Crippen LogP contribution in [0.5, 0.6) is 0 Å². The van der Waals surface area contributed by atoms with Gasteiger partial charge in [-0.15, -0.1) is 0 Å². The Balaban J connectivity index is 1.80. The lowest BCUT2D eigenvalue weighted by Gasteiger charge is -2.22. The molecule has 1 heterocycles. The molecule has 0 saturated heterocycles. The van der Waals surface area contributed by atoms with Crippen LogP contribution >= 0.6 is 11.6 Å².